The zero-order valence-electron chi connectivity index (χ0n) is 9.18. The Morgan fingerprint density at radius 1 is 1.29 bits per heavy atom. The second kappa shape index (κ2) is 3.98. The van der Waals surface area contributed by atoms with Crippen molar-refractivity contribution in [2.45, 2.75) is 13.0 Å². The van der Waals surface area contributed by atoms with E-state index in [0.29, 0.717) is 5.84 Å². The molecule has 0 amide bonds. The van der Waals surface area contributed by atoms with Gasteiger partial charge in [-0.1, -0.05) is 12.1 Å². The molecule has 4 heteroatoms. The third-order valence-corrected chi connectivity index (χ3v) is 3.91. The van der Waals surface area contributed by atoms with Gasteiger partial charge in [-0.15, -0.1) is 11.3 Å². The van der Waals surface area contributed by atoms with E-state index in [1.165, 1.54) is 5.56 Å². The van der Waals surface area contributed by atoms with Gasteiger partial charge in [-0.2, -0.15) is 0 Å². The molecule has 17 heavy (non-hydrogen) atoms. The van der Waals surface area contributed by atoms with Gasteiger partial charge in [-0.05, 0) is 34.2 Å². The Balaban J connectivity index is 2.17. The van der Waals surface area contributed by atoms with E-state index in [1.54, 1.807) is 11.3 Å². The van der Waals surface area contributed by atoms with Crippen LogP contribution in [0.25, 0.3) is 0 Å². The van der Waals surface area contributed by atoms with Crippen molar-refractivity contribution in [1.82, 2.24) is 0 Å². The quantitative estimate of drug-likeness (QED) is 0.807. The third-order valence-electron chi connectivity index (χ3n) is 2.93. The molecule has 3 nitrogen and oxygen atoms in total. The lowest BCUT2D eigenvalue weighted by molar-refractivity contribution is 0.282. The molecule has 0 saturated heterocycles. The van der Waals surface area contributed by atoms with Crippen LogP contribution < -0.4 is 5.73 Å². The number of hydrogen-bond acceptors (Lipinski definition) is 4. The second-order valence-electron chi connectivity index (χ2n) is 4.07. The average Bonchev–Trinajstić information content (AvgIpc) is 2.75. The van der Waals surface area contributed by atoms with E-state index >= 15 is 0 Å². The fourth-order valence-electron chi connectivity index (χ4n) is 2.07. The highest BCUT2D eigenvalue weighted by Crippen LogP contribution is 2.30. The van der Waals surface area contributed by atoms with Crippen molar-refractivity contribution in [3.8, 4) is 0 Å². The lowest BCUT2D eigenvalue weighted by Gasteiger charge is -2.05. The van der Waals surface area contributed by atoms with E-state index < -0.39 is 0 Å². The number of benzene rings is 1. The molecule has 3 rings (SSSR count). The number of nitrogens with two attached hydrogens (primary N) is 1. The summed E-state index contributed by atoms with van der Waals surface area (Å²) < 4.78 is 0. The molecule has 2 aromatic rings. The number of nitrogens with zero attached hydrogens (tertiary/aromatic N) is 1. The molecular formula is C13H12N2OS. The maximum absolute atomic E-state index is 9.16. The maximum Gasteiger partial charge on any atom is 0.141 e. The van der Waals surface area contributed by atoms with Crippen LogP contribution in [0.15, 0.2) is 34.6 Å². The molecule has 0 bridgehead atoms. The van der Waals surface area contributed by atoms with Crippen LogP contribution in [0.3, 0.4) is 0 Å². The van der Waals surface area contributed by atoms with Crippen molar-refractivity contribution in [3.63, 3.8) is 0 Å². The van der Waals surface area contributed by atoms with Crippen molar-refractivity contribution in [3.05, 3.63) is 51.2 Å². The summed E-state index contributed by atoms with van der Waals surface area (Å²) in [7, 11) is 0. The lowest BCUT2D eigenvalue weighted by atomic mass is 10.0. The van der Waals surface area contributed by atoms with E-state index in [0.717, 1.165) is 28.1 Å². The number of hydrogen-bond donors (Lipinski definition) is 2. The first kappa shape index (κ1) is 10.5. The minimum absolute atomic E-state index is 0.0585. The molecule has 1 aromatic carbocycles. The van der Waals surface area contributed by atoms with E-state index in [-0.39, 0.29) is 6.61 Å². The standard InChI is InChI=1S/C13H12N2OS/c14-13-12-9(3-4-17-12)6-10-5-8(7-16)1-2-11(10)15-13/h1-5,16H,6-7H2,(H2,14,15). The Morgan fingerprint density at radius 2 is 2.18 bits per heavy atom. The lowest BCUT2D eigenvalue weighted by Crippen LogP contribution is -2.11. The van der Waals surface area contributed by atoms with E-state index in [9.17, 15) is 0 Å². The van der Waals surface area contributed by atoms with E-state index in [1.807, 2.05) is 23.6 Å². The molecule has 1 aliphatic heterocycles. The highest BCUT2D eigenvalue weighted by Gasteiger charge is 2.15. The molecule has 0 radical (unpaired) electrons. The van der Waals surface area contributed by atoms with Gasteiger partial charge in [0.05, 0.1) is 17.2 Å². The van der Waals surface area contributed by atoms with Crippen LogP contribution in [0.1, 0.15) is 21.6 Å². The van der Waals surface area contributed by atoms with Crippen molar-refractivity contribution in [2.24, 2.45) is 10.7 Å². The van der Waals surface area contributed by atoms with Crippen LogP contribution >= 0.6 is 11.3 Å². The van der Waals surface area contributed by atoms with Crippen LogP contribution in [0.5, 0.6) is 0 Å². The molecule has 2 heterocycles. The summed E-state index contributed by atoms with van der Waals surface area (Å²) in [5.74, 6) is 0.588. The summed E-state index contributed by atoms with van der Waals surface area (Å²) in [6.07, 6.45) is 0.826. The van der Waals surface area contributed by atoms with Gasteiger partial charge in [-0.25, -0.2) is 4.99 Å². The molecule has 3 N–H and O–H groups in total. The second-order valence-corrected chi connectivity index (χ2v) is 4.99. The number of fused-ring (bicyclic) bond motifs is 2. The first-order chi connectivity index (χ1) is 8.28. The molecule has 0 spiro atoms. The van der Waals surface area contributed by atoms with Gasteiger partial charge in [0, 0.05) is 6.42 Å². The highest BCUT2D eigenvalue weighted by molar-refractivity contribution is 7.12. The van der Waals surface area contributed by atoms with Gasteiger partial charge >= 0.3 is 0 Å². The molecule has 0 aliphatic carbocycles. The zero-order chi connectivity index (χ0) is 11.8. The number of aliphatic imine (C=N–C) groups is 1. The van der Waals surface area contributed by atoms with Crippen LogP contribution in [0.4, 0.5) is 5.69 Å². The van der Waals surface area contributed by atoms with Gasteiger partial charge in [0.25, 0.3) is 0 Å². The van der Waals surface area contributed by atoms with E-state index in [2.05, 4.69) is 11.1 Å². The molecule has 0 fully saturated rings. The Labute approximate surface area is 103 Å². The smallest absolute Gasteiger partial charge is 0.141 e. The van der Waals surface area contributed by atoms with E-state index in [4.69, 9.17) is 10.8 Å². The fraction of sp³-hybridized carbons (Fsp3) is 0.154. The number of amidine groups is 1. The predicted octanol–water partition coefficient (Wildman–Crippen LogP) is 2.18. The van der Waals surface area contributed by atoms with Crippen molar-refractivity contribution in [2.75, 3.05) is 0 Å². The van der Waals surface area contributed by atoms with Crippen molar-refractivity contribution in [1.29, 1.82) is 0 Å². The summed E-state index contributed by atoms with van der Waals surface area (Å²) in [5, 5.41) is 11.2. The fourth-order valence-corrected chi connectivity index (χ4v) is 2.90. The van der Waals surface area contributed by atoms with Gasteiger partial charge in [-0.3, -0.25) is 0 Å². The Kier molecular flexibility index (Phi) is 2.46. The Morgan fingerprint density at radius 3 is 3.00 bits per heavy atom. The average molecular weight is 244 g/mol. The largest absolute Gasteiger partial charge is 0.392 e. The predicted molar refractivity (Wildman–Crippen MR) is 69.9 cm³/mol. The minimum Gasteiger partial charge on any atom is -0.392 e. The summed E-state index contributed by atoms with van der Waals surface area (Å²) in [6, 6.07) is 7.89. The van der Waals surface area contributed by atoms with Gasteiger partial charge in [0.2, 0.25) is 0 Å². The van der Waals surface area contributed by atoms with Crippen LogP contribution in [0, 0.1) is 0 Å². The van der Waals surface area contributed by atoms with Crippen molar-refractivity contribution < 1.29 is 5.11 Å². The van der Waals surface area contributed by atoms with Gasteiger partial charge in [0.1, 0.15) is 5.84 Å². The topological polar surface area (TPSA) is 58.6 Å². The van der Waals surface area contributed by atoms with Crippen LogP contribution in [-0.2, 0) is 13.0 Å². The number of rotatable bonds is 1. The molecule has 86 valence electrons. The van der Waals surface area contributed by atoms with Crippen LogP contribution in [0.2, 0.25) is 0 Å². The first-order valence-electron chi connectivity index (χ1n) is 5.41. The zero-order valence-corrected chi connectivity index (χ0v) is 10.00. The van der Waals surface area contributed by atoms with Gasteiger partial charge < -0.3 is 10.8 Å². The summed E-state index contributed by atoms with van der Waals surface area (Å²) in [4.78, 5) is 5.51. The summed E-state index contributed by atoms with van der Waals surface area (Å²) in [5.41, 5.74) is 10.1. The molecule has 0 unspecified atom stereocenters. The number of thiophene rings is 1. The summed E-state index contributed by atoms with van der Waals surface area (Å²) >= 11 is 1.62. The monoisotopic (exact) mass is 244 g/mol. The highest BCUT2D eigenvalue weighted by atomic mass is 32.1. The minimum atomic E-state index is 0.0585. The number of aliphatic hydroxyl groups excluding tert-OH is 1. The van der Waals surface area contributed by atoms with Gasteiger partial charge in [0.15, 0.2) is 0 Å². The normalized spacial score (nSPS) is 13.6. The molecule has 1 aromatic heterocycles. The van der Waals surface area contributed by atoms with Crippen LogP contribution in [-0.4, -0.2) is 10.9 Å². The summed E-state index contributed by atoms with van der Waals surface area (Å²) in [6.45, 7) is 0.0585. The SMILES string of the molecule is NC1=Nc2ccc(CO)cc2Cc2ccsc21. The molecule has 0 saturated carbocycles. The maximum atomic E-state index is 9.16. The molecule has 0 atom stereocenters. The third kappa shape index (κ3) is 1.75. The Hall–Kier alpha value is -1.65. The first-order valence-corrected chi connectivity index (χ1v) is 6.29. The molecule has 1 aliphatic rings. The number of aliphatic hydroxyl groups is 1. The van der Waals surface area contributed by atoms with Crippen molar-refractivity contribution >= 4 is 22.9 Å². The molecular weight excluding hydrogens is 232 g/mol. The Bertz CT molecular complexity index is 601.